The molecule has 0 radical (unpaired) electrons. The zero-order valence-corrected chi connectivity index (χ0v) is 23.4. The smallest absolute Gasteiger partial charge is 0.280 e. The largest absolute Gasteiger partial charge is 0.393 e. The minimum atomic E-state index is -0.218. The zero-order chi connectivity index (χ0) is 26.2. The summed E-state index contributed by atoms with van der Waals surface area (Å²) in [5.74, 6) is 0.431. The van der Waals surface area contributed by atoms with Crippen molar-refractivity contribution in [2.45, 2.75) is 71.4 Å². The molecule has 0 spiro atoms. The summed E-state index contributed by atoms with van der Waals surface area (Å²) in [6, 6.07) is 5.60. The number of halogens is 1. The van der Waals surface area contributed by atoms with Crippen LogP contribution in [0.25, 0.3) is 10.3 Å². The van der Waals surface area contributed by atoms with Gasteiger partial charge in [-0.2, -0.15) is 0 Å². The monoisotopic (exact) mass is 541 g/mol. The third kappa shape index (κ3) is 6.30. The van der Waals surface area contributed by atoms with E-state index in [1.165, 1.54) is 16.9 Å². The van der Waals surface area contributed by atoms with Crippen LogP contribution >= 0.6 is 22.9 Å². The van der Waals surface area contributed by atoms with Gasteiger partial charge in [0.05, 0.1) is 12.1 Å². The van der Waals surface area contributed by atoms with Crippen LogP contribution in [-0.4, -0.2) is 56.6 Å². The maximum absolute atomic E-state index is 13.4. The topological polar surface area (TPSA) is 91.2 Å². The lowest BCUT2D eigenvalue weighted by Gasteiger charge is -2.34. The number of nitrogens with one attached hydrogen (secondary N) is 1. The first-order valence-electron chi connectivity index (χ1n) is 13.3. The van der Waals surface area contributed by atoms with Crippen LogP contribution in [0.3, 0.4) is 0 Å². The van der Waals surface area contributed by atoms with Gasteiger partial charge in [0.15, 0.2) is 5.01 Å². The Morgan fingerprint density at radius 2 is 2.03 bits per heavy atom. The number of fused-ring (bicyclic) bond motifs is 2. The second kappa shape index (κ2) is 10.9. The van der Waals surface area contributed by atoms with Crippen LogP contribution in [0.5, 0.6) is 0 Å². The van der Waals surface area contributed by atoms with E-state index in [9.17, 15) is 9.90 Å². The molecule has 2 atom stereocenters. The van der Waals surface area contributed by atoms with Crippen LogP contribution < -0.4 is 5.32 Å². The van der Waals surface area contributed by atoms with E-state index in [0.29, 0.717) is 16.1 Å². The van der Waals surface area contributed by atoms with Gasteiger partial charge in [-0.15, -0.1) is 0 Å². The number of aromatic nitrogens is 3. The Balaban J connectivity index is 1.32. The molecule has 2 aliphatic rings. The molecule has 1 saturated heterocycles. The molecular formula is C28H36ClN5O2S. The van der Waals surface area contributed by atoms with Crippen molar-refractivity contribution >= 4 is 39.2 Å². The van der Waals surface area contributed by atoms with Crippen LogP contribution in [-0.2, 0) is 12.8 Å². The van der Waals surface area contributed by atoms with E-state index >= 15 is 0 Å². The number of amides is 1. The lowest BCUT2D eigenvalue weighted by Crippen LogP contribution is -2.38. The lowest BCUT2D eigenvalue weighted by atomic mass is 9.71. The summed E-state index contributed by atoms with van der Waals surface area (Å²) in [5.41, 5.74) is 4.41. The molecule has 0 aromatic carbocycles. The summed E-state index contributed by atoms with van der Waals surface area (Å²) in [6.07, 6.45) is 6.98. The zero-order valence-electron chi connectivity index (χ0n) is 21.8. The molecule has 1 unspecified atom stereocenters. The summed E-state index contributed by atoms with van der Waals surface area (Å²) >= 11 is 7.38. The molecule has 1 amide bonds. The Kier molecular flexibility index (Phi) is 7.82. The van der Waals surface area contributed by atoms with Crippen LogP contribution in [0, 0.1) is 11.3 Å². The van der Waals surface area contributed by atoms with Gasteiger partial charge in [-0.1, -0.05) is 49.8 Å². The van der Waals surface area contributed by atoms with Crippen molar-refractivity contribution in [2.75, 3.05) is 19.6 Å². The predicted molar refractivity (Wildman–Crippen MR) is 148 cm³/mol. The number of hydrogen-bond acceptors (Lipinski definition) is 7. The normalized spacial score (nSPS) is 20.1. The van der Waals surface area contributed by atoms with Crippen LogP contribution in [0.2, 0.25) is 5.15 Å². The number of thiazole rings is 1. The van der Waals surface area contributed by atoms with Crippen molar-refractivity contribution in [1.82, 2.24) is 25.2 Å². The van der Waals surface area contributed by atoms with Gasteiger partial charge in [0.2, 0.25) is 0 Å². The Morgan fingerprint density at radius 3 is 2.73 bits per heavy atom. The van der Waals surface area contributed by atoms with Gasteiger partial charge in [-0.3, -0.25) is 4.79 Å². The first-order chi connectivity index (χ1) is 17.7. The van der Waals surface area contributed by atoms with Crippen LogP contribution in [0.15, 0.2) is 24.4 Å². The molecule has 1 fully saturated rings. The number of rotatable bonds is 6. The Hall–Kier alpha value is -2.13. The Morgan fingerprint density at radius 1 is 1.24 bits per heavy atom. The molecule has 5 rings (SSSR count). The number of carbonyl (C=O) groups excluding carboxylic acids is 1. The Labute approximate surface area is 227 Å². The SMILES string of the molecule is CC(C)(C)[C@H]1CCc2nc3sc(C(=O)NC(CCN4CCC(O)CC4)c4ccc(Cl)nc4)nc3cc2C1. The number of hydrogen-bond donors (Lipinski definition) is 2. The molecule has 1 aliphatic carbocycles. The van der Waals surface area contributed by atoms with Crippen molar-refractivity contribution in [2.24, 2.45) is 11.3 Å². The second-order valence-electron chi connectivity index (χ2n) is 11.5. The second-order valence-corrected chi connectivity index (χ2v) is 12.9. The molecule has 4 heterocycles. The van der Waals surface area contributed by atoms with E-state index in [-0.39, 0.29) is 23.5 Å². The van der Waals surface area contributed by atoms with Crippen molar-refractivity contribution in [3.05, 3.63) is 51.4 Å². The summed E-state index contributed by atoms with van der Waals surface area (Å²) in [4.78, 5) is 30.4. The number of piperidine rings is 1. The molecule has 3 aromatic rings. The van der Waals surface area contributed by atoms with Gasteiger partial charge in [0.1, 0.15) is 15.5 Å². The third-order valence-electron chi connectivity index (χ3n) is 7.92. The number of pyridine rings is 2. The van der Waals surface area contributed by atoms with Gasteiger partial charge >= 0.3 is 0 Å². The van der Waals surface area contributed by atoms with Crippen LogP contribution in [0.4, 0.5) is 0 Å². The average molecular weight is 542 g/mol. The van der Waals surface area contributed by atoms with Crippen molar-refractivity contribution in [3.8, 4) is 0 Å². The Bertz CT molecular complexity index is 1250. The van der Waals surface area contributed by atoms with E-state index in [2.05, 4.69) is 42.0 Å². The maximum Gasteiger partial charge on any atom is 0.280 e. The molecule has 7 nitrogen and oxygen atoms in total. The molecule has 9 heteroatoms. The number of nitrogens with zero attached hydrogens (tertiary/aromatic N) is 4. The van der Waals surface area contributed by atoms with E-state index in [0.717, 1.165) is 79.8 Å². The minimum Gasteiger partial charge on any atom is -0.393 e. The van der Waals surface area contributed by atoms with Crippen molar-refractivity contribution in [3.63, 3.8) is 0 Å². The summed E-state index contributed by atoms with van der Waals surface area (Å²) in [5, 5.41) is 13.9. The van der Waals surface area contributed by atoms with E-state index in [4.69, 9.17) is 21.6 Å². The fourth-order valence-corrected chi connectivity index (χ4v) is 6.39. The van der Waals surface area contributed by atoms with Gasteiger partial charge in [-0.25, -0.2) is 15.0 Å². The molecule has 0 saturated carbocycles. The predicted octanol–water partition coefficient (Wildman–Crippen LogP) is 5.21. The first kappa shape index (κ1) is 26.5. The minimum absolute atomic E-state index is 0.192. The highest BCUT2D eigenvalue weighted by molar-refractivity contribution is 7.19. The summed E-state index contributed by atoms with van der Waals surface area (Å²) in [7, 11) is 0. The fourth-order valence-electron chi connectivity index (χ4n) is 5.44. The molecule has 2 N–H and O–H groups in total. The van der Waals surface area contributed by atoms with Crippen LogP contribution in [0.1, 0.15) is 79.1 Å². The van der Waals surface area contributed by atoms with E-state index in [1.54, 1.807) is 12.3 Å². The lowest BCUT2D eigenvalue weighted by molar-refractivity contribution is 0.0795. The molecule has 3 aromatic heterocycles. The molecular weight excluding hydrogens is 506 g/mol. The quantitative estimate of drug-likeness (QED) is 0.416. The summed E-state index contributed by atoms with van der Waals surface area (Å²) < 4.78 is 0. The number of aliphatic hydroxyl groups excluding tert-OH is 1. The van der Waals surface area contributed by atoms with Gasteiger partial charge in [0.25, 0.3) is 5.91 Å². The maximum atomic E-state index is 13.4. The number of aliphatic hydroxyl groups is 1. The third-order valence-corrected chi connectivity index (χ3v) is 9.10. The highest BCUT2D eigenvalue weighted by Crippen LogP contribution is 2.38. The molecule has 198 valence electrons. The van der Waals surface area contributed by atoms with Crippen molar-refractivity contribution < 1.29 is 9.90 Å². The summed E-state index contributed by atoms with van der Waals surface area (Å²) in [6.45, 7) is 9.47. The van der Waals surface area contributed by atoms with E-state index < -0.39 is 0 Å². The molecule has 1 aliphatic heterocycles. The van der Waals surface area contributed by atoms with Gasteiger partial charge in [-0.05, 0) is 73.1 Å². The first-order valence-corrected chi connectivity index (χ1v) is 14.5. The highest BCUT2D eigenvalue weighted by atomic mass is 35.5. The van der Waals surface area contributed by atoms with Gasteiger partial charge in [0, 0.05) is 31.5 Å². The molecule has 37 heavy (non-hydrogen) atoms. The number of carbonyl (C=O) groups is 1. The average Bonchev–Trinajstić information content (AvgIpc) is 3.28. The standard InChI is InChI=1S/C28H36ClN5O2S/c1-28(2,3)19-5-6-21-18(14-19)15-23-26(32-21)37-27(33-23)25(36)31-22(17-4-7-24(29)30-16-17)10-13-34-11-8-20(35)9-12-34/h4,7,15-16,19-20,22,35H,5-6,8-14H2,1-3H3,(H,31,36)/t19-,22?/m0/s1. The van der Waals surface area contributed by atoms with Crippen molar-refractivity contribution in [1.29, 1.82) is 0 Å². The highest BCUT2D eigenvalue weighted by Gasteiger charge is 2.30. The fraction of sp³-hybridized carbons (Fsp3) is 0.571. The van der Waals surface area contributed by atoms with Gasteiger partial charge < -0.3 is 15.3 Å². The number of aryl methyl sites for hydroxylation is 1. The molecule has 0 bridgehead atoms. The van der Waals surface area contributed by atoms with E-state index in [1.807, 2.05) is 6.07 Å². The number of likely N-dealkylation sites (tertiary alicyclic amines) is 1.